The van der Waals surface area contributed by atoms with Crippen molar-refractivity contribution in [3.8, 4) is 11.1 Å². The van der Waals surface area contributed by atoms with Gasteiger partial charge in [0.1, 0.15) is 11.3 Å². The highest BCUT2D eigenvalue weighted by atomic mass is 19.4. The molecular formula is C22H22F3N5O3. The topological polar surface area (TPSA) is 99.6 Å². The third-order valence-electron chi connectivity index (χ3n) is 5.81. The minimum absolute atomic E-state index is 0.0311. The lowest BCUT2D eigenvalue weighted by atomic mass is 10.0. The standard InChI is InChI=1S/C22H22F3N5O3/c1-12-16(20(32)27-15-8-10-29(11-9-15)13(2)31)21(33)30-19(26-12)17(14-6-4-3-5-7-14)18(28-30)22(23,24)25/h3-7,15,28H,8-11H2,1-2H3,(H,27,32). The average Bonchev–Trinajstić information content (AvgIpc) is 3.15. The molecular weight excluding hydrogens is 439 g/mol. The molecule has 11 heteroatoms. The van der Waals surface area contributed by atoms with Gasteiger partial charge < -0.3 is 10.2 Å². The highest BCUT2D eigenvalue weighted by molar-refractivity contribution is 5.95. The molecule has 8 nitrogen and oxygen atoms in total. The highest BCUT2D eigenvalue weighted by Crippen LogP contribution is 2.38. The highest BCUT2D eigenvalue weighted by Gasteiger charge is 2.38. The quantitative estimate of drug-likeness (QED) is 0.627. The van der Waals surface area contributed by atoms with Gasteiger partial charge in [-0.3, -0.25) is 19.5 Å². The summed E-state index contributed by atoms with van der Waals surface area (Å²) < 4.78 is 42.0. The van der Waals surface area contributed by atoms with Crippen LogP contribution in [0, 0.1) is 6.92 Å². The van der Waals surface area contributed by atoms with Gasteiger partial charge in [-0.1, -0.05) is 30.3 Å². The van der Waals surface area contributed by atoms with Gasteiger partial charge in [0.15, 0.2) is 5.65 Å². The number of aromatic amines is 1. The van der Waals surface area contributed by atoms with Crippen LogP contribution in [0.5, 0.6) is 0 Å². The van der Waals surface area contributed by atoms with Crippen molar-refractivity contribution in [1.82, 2.24) is 24.8 Å². The fourth-order valence-corrected chi connectivity index (χ4v) is 4.12. The Labute approximate surface area is 186 Å². The molecule has 3 aromatic rings. The molecule has 3 heterocycles. The molecule has 2 aromatic heterocycles. The molecule has 0 radical (unpaired) electrons. The van der Waals surface area contributed by atoms with Crippen molar-refractivity contribution in [3.05, 3.63) is 57.6 Å². The second kappa shape index (κ2) is 8.38. The molecule has 1 aromatic carbocycles. The molecule has 0 atom stereocenters. The van der Waals surface area contributed by atoms with Crippen LogP contribution in [0.1, 0.15) is 41.5 Å². The molecule has 1 aliphatic heterocycles. The number of carbonyl (C=O) groups excluding carboxylic acids is 2. The normalized spacial score (nSPS) is 15.1. The largest absolute Gasteiger partial charge is 0.433 e. The van der Waals surface area contributed by atoms with Gasteiger partial charge in [-0.15, -0.1) is 0 Å². The molecule has 0 unspecified atom stereocenters. The maximum Gasteiger partial charge on any atom is 0.433 e. The minimum Gasteiger partial charge on any atom is -0.349 e. The van der Waals surface area contributed by atoms with E-state index < -0.39 is 23.3 Å². The third-order valence-corrected chi connectivity index (χ3v) is 5.81. The van der Waals surface area contributed by atoms with Crippen molar-refractivity contribution in [3.63, 3.8) is 0 Å². The Morgan fingerprint density at radius 3 is 2.36 bits per heavy atom. The van der Waals surface area contributed by atoms with Crippen molar-refractivity contribution in [2.24, 2.45) is 0 Å². The van der Waals surface area contributed by atoms with Gasteiger partial charge in [0.05, 0.1) is 11.3 Å². The van der Waals surface area contributed by atoms with E-state index in [0.29, 0.717) is 30.4 Å². The summed E-state index contributed by atoms with van der Waals surface area (Å²) >= 11 is 0. The van der Waals surface area contributed by atoms with Crippen molar-refractivity contribution in [2.75, 3.05) is 13.1 Å². The monoisotopic (exact) mass is 461 g/mol. The van der Waals surface area contributed by atoms with Gasteiger partial charge >= 0.3 is 6.18 Å². The van der Waals surface area contributed by atoms with Gasteiger partial charge in [0.2, 0.25) is 5.91 Å². The lowest BCUT2D eigenvalue weighted by molar-refractivity contribution is -0.140. The van der Waals surface area contributed by atoms with Crippen LogP contribution in [0.25, 0.3) is 16.8 Å². The number of hydrogen-bond acceptors (Lipinski definition) is 4. The van der Waals surface area contributed by atoms with Gasteiger partial charge in [0, 0.05) is 26.1 Å². The number of rotatable bonds is 3. The molecule has 33 heavy (non-hydrogen) atoms. The zero-order valence-electron chi connectivity index (χ0n) is 18.0. The summed E-state index contributed by atoms with van der Waals surface area (Å²) in [5, 5.41) is 4.87. The van der Waals surface area contributed by atoms with E-state index in [1.54, 1.807) is 23.1 Å². The number of halogens is 3. The van der Waals surface area contributed by atoms with E-state index in [4.69, 9.17) is 0 Å². The van der Waals surface area contributed by atoms with Crippen LogP contribution in [0.2, 0.25) is 0 Å². The van der Waals surface area contributed by atoms with E-state index in [1.165, 1.54) is 26.0 Å². The number of aromatic nitrogens is 3. The zero-order valence-corrected chi connectivity index (χ0v) is 18.0. The van der Waals surface area contributed by atoms with Gasteiger partial charge in [-0.25, -0.2) is 4.98 Å². The summed E-state index contributed by atoms with van der Waals surface area (Å²) in [6, 6.07) is 7.57. The molecule has 174 valence electrons. The number of hydrogen-bond donors (Lipinski definition) is 2. The van der Waals surface area contributed by atoms with Crippen LogP contribution < -0.4 is 10.9 Å². The number of amides is 2. The van der Waals surface area contributed by atoms with Gasteiger partial charge in [-0.2, -0.15) is 17.7 Å². The molecule has 1 fully saturated rings. The first kappa shape index (κ1) is 22.6. The fraction of sp³-hybridized carbons (Fsp3) is 0.364. The smallest absolute Gasteiger partial charge is 0.349 e. The summed E-state index contributed by atoms with van der Waals surface area (Å²) in [7, 11) is 0. The second-order valence-electron chi connectivity index (χ2n) is 8.02. The van der Waals surface area contributed by atoms with Crippen LogP contribution in [0.4, 0.5) is 13.2 Å². The zero-order chi connectivity index (χ0) is 23.9. The summed E-state index contributed by atoms with van der Waals surface area (Å²) in [6.45, 7) is 3.84. The Hall–Kier alpha value is -3.63. The Morgan fingerprint density at radius 1 is 1.15 bits per heavy atom. The van der Waals surface area contributed by atoms with E-state index in [1.807, 2.05) is 0 Å². The van der Waals surface area contributed by atoms with Crippen molar-refractivity contribution in [1.29, 1.82) is 0 Å². The SMILES string of the molecule is CC(=O)N1CCC(NC(=O)c2c(C)nc3c(-c4ccccc4)c(C(F)(F)F)[nH]n3c2=O)CC1. The first-order valence-corrected chi connectivity index (χ1v) is 10.4. The summed E-state index contributed by atoms with van der Waals surface area (Å²) in [5.74, 6) is -0.755. The lowest BCUT2D eigenvalue weighted by Crippen LogP contribution is -2.47. The molecule has 0 aliphatic carbocycles. The third kappa shape index (κ3) is 4.22. The predicted octanol–water partition coefficient (Wildman–Crippen LogP) is 2.76. The van der Waals surface area contributed by atoms with Crippen molar-refractivity contribution < 1.29 is 22.8 Å². The minimum atomic E-state index is -4.77. The number of likely N-dealkylation sites (tertiary alicyclic amines) is 1. The van der Waals surface area contributed by atoms with Crippen molar-refractivity contribution >= 4 is 17.5 Å². The number of nitrogens with zero attached hydrogens (tertiary/aromatic N) is 3. The van der Waals surface area contributed by atoms with Crippen LogP contribution in [-0.2, 0) is 11.0 Å². The van der Waals surface area contributed by atoms with Gasteiger partial charge in [-0.05, 0) is 25.3 Å². The van der Waals surface area contributed by atoms with Crippen LogP contribution >= 0.6 is 0 Å². The molecule has 2 N–H and O–H groups in total. The number of carbonyl (C=O) groups is 2. The Bertz CT molecular complexity index is 1270. The molecule has 4 rings (SSSR count). The first-order chi connectivity index (χ1) is 15.6. The second-order valence-corrected chi connectivity index (χ2v) is 8.02. The molecule has 0 bridgehead atoms. The number of alkyl halides is 3. The van der Waals surface area contributed by atoms with Crippen LogP contribution in [-0.4, -0.2) is 50.4 Å². The molecule has 1 saturated heterocycles. The summed E-state index contributed by atoms with van der Waals surface area (Å²) in [4.78, 5) is 43.3. The van der Waals surface area contributed by atoms with Crippen molar-refractivity contribution in [2.45, 2.75) is 38.9 Å². The first-order valence-electron chi connectivity index (χ1n) is 10.4. The number of piperidine rings is 1. The maximum atomic E-state index is 13.8. The summed E-state index contributed by atoms with van der Waals surface area (Å²) in [6.07, 6.45) is -3.74. The number of nitrogens with one attached hydrogen (secondary N) is 2. The van der Waals surface area contributed by atoms with E-state index >= 15 is 0 Å². The molecule has 0 spiro atoms. The Balaban J connectivity index is 1.74. The van der Waals surface area contributed by atoms with Gasteiger partial charge in [0.25, 0.3) is 11.5 Å². The van der Waals surface area contributed by atoms with Crippen LogP contribution in [0.15, 0.2) is 35.1 Å². The molecule has 2 amide bonds. The molecule has 0 saturated carbocycles. The number of aryl methyl sites for hydroxylation is 1. The molecule has 1 aliphatic rings. The van der Waals surface area contributed by atoms with E-state index in [0.717, 1.165) is 0 Å². The predicted molar refractivity (Wildman–Crippen MR) is 114 cm³/mol. The van der Waals surface area contributed by atoms with E-state index in [-0.39, 0.29) is 40.0 Å². The summed E-state index contributed by atoms with van der Waals surface area (Å²) in [5.41, 5.74) is -2.55. The van der Waals surface area contributed by atoms with Crippen LogP contribution in [0.3, 0.4) is 0 Å². The Morgan fingerprint density at radius 2 is 1.79 bits per heavy atom. The number of fused-ring (bicyclic) bond motifs is 1. The number of benzene rings is 1. The maximum absolute atomic E-state index is 13.8. The fourth-order valence-electron chi connectivity index (χ4n) is 4.12. The Kier molecular flexibility index (Phi) is 5.73. The average molecular weight is 461 g/mol. The van der Waals surface area contributed by atoms with E-state index in [9.17, 15) is 27.6 Å². The van der Waals surface area contributed by atoms with E-state index in [2.05, 4.69) is 15.4 Å². The lowest BCUT2D eigenvalue weighted by Gasteiger charge is -2.31. The number of H-pyrrole nitrogens is 1.